The smallest absolute Gasteiger partial charge is 0.243 e. The fraction of sp³-hybridized carbons (Fsp3) is 0.400. The average Bonchev–Trinajstić information content (AvgIpc) is 3.39. The van der Waals surface area contributed by atoms with E-state index < -0.39 is 6.67 Å². The summed E-state index contributed by atoms with van der Waals surface area (Å²) in [7, 11) is 0. The van der Waals surface area contributed by atoms with Gasteiger partial charge in [0.25, 0.3) is 0 Å². The van der Waals surface area contributed by atoms with Crippen LogP contribution >= 0.6 is 11.3 Å². The highest BCUT2D eigenvalue weighted by molar-refractivity contribution is 7.17. The molecule has 30 heavy (non-hydrogen) atoms. The second-order valence-corrected chi connectivity index (χ2v) is 8.16. The van der Waals surface area contributed by atoms with Gasteiger partial charge in [-0.2, -0.15) is 10.1 Å². The summed E-state index contributed by atoms with van der Waals surface area (Å²) in [5.41, 5.74) is 1.57. The molecule has 8 nitrogen and oxygen atoms in total. The van der Waals surface area contributed by atoms with E-state index in [1.54, 1.807) is 23.7 Å². The summed E-state index contributed by atoms with van der Waals surface area (Å²) in [6.45, 7) is 3.26. The van der Waals surface area contributed by atoms with Crippen LogP contribution in [-0.4, -0.2) is 44.4 Å². The summed E-state index contributed by atoms with van der Waals surface area (Å²) in [5.74, 6) is 1.15. The molecule has 1 aliphatic carbocycles. The first-order valence-corrected chi connectivity index (χ1v) is 10.8. The van der Waals surface area contributed by atoms with Gasteiger partial charge in [-0.05, 0) is 43.2 Å². The zero-order valence-corrected chi connectivity index (χ0v) is 17.3. The molecule has 1 fully saturated rings. The quantitative estimate of drug-likeness (QED) is 0.473. The van der Waals surface area contributed by atoms with Crippen molar-refractivity contribution in [3.05, 3.63) is 36.5 Å². The Balaban J connectivity index is 1.45. The molecule has 158 valence electrons. The molecule has 3 heterocycles. The summed E-state index contributed by atoms with van der Waals surface area (Å²) >= 11 is 1.60. The Bertz CT molecular complexity index is 1030. The van der Waals surface area contributed by atoms with Crippen molar-refractivity contribution < 1.29 is 9.18 Å². The minimum atomic E-state index is -0.466. The number of halogens is 1. The van der Waals surface area contributed by atoms with Crippen molar-refractivity contribution in [3.63, 3.8) is 0 Å². The molecule has 0 aromatic carbocycles. The van der Waals surface area contributed by atoms with Crippen LogP contribution in [0.3, 0.4) is 0 Å². The van der Waals surface area contributed by atoms with Crippen LogP contribution in [-0.2, 0) is 11.3 Å². The monoisotopic (exact) mass is 429 g/mol. The number of nitrogens with one attached hydrogen (secondary N) is 3. The molecule has 0 aliphatic heterocycles. The maximum absolute atomic E-state index is 12.5. The van der Waals surface area contributed by atoms with Gasteiger partial charge < -0.3 is 16.0 Å². The number of aryl methyl sites for hydroxylation is 1. The largest absolute Gasteiger partial charge is 0.366 e. The van der Waals surface area contributed by atoms with Gasteiger partial charge in [0.2, 0.25) is 11.9 Å². The van der Waals surface area contributed by atoms with Gasteiger partial charge in [0.1, 0.15) is 12.5 Å². The lowest BCUT2D eigenvalue weighted by Gasteiger charge is -2.29. The summed E-state index contributed by atoms with van der Waals surface area (Å²) in [6, 6.07) is 2.44. The Morgan fingerprint density at radius 3 is 2.87 bits per heavy atom. The fourth-order valence-electron chi connectivity index (χ4n) is 3.62. The minimum absolute atomic E-state index is 0.118. The molecule has 10 heteroatoms. The normalized spacial score (nSPS) is 18.8. The van der Waals surface area contributed by atoms with Crippen molar-refractivity contribution in [3.8, 4) is 0 Å². The van der Waals surface area contributed by atoms with Gasteiger partial charge >= 0.3 is 0 Å². The lowest BCUT2D eigenvalue weighted by atomic mass is 9.91. The van der Waals surface area contributed by atoms with E-state index in [-0.39, 0.29) is 24.5 Å². The van der Waals surface area contributed by atoms with Crippen LogP contribution in [0.1, 0.15) is 25.7 Å². The predicted molar refractivity (Wildman–Crippen MR) is 117 cm³/mol. The Morgan fingerprint density at radius 1 is 1.30 bits per heavy atom. The van der Waals surface area contributed by atoms with E-state index in [1.165, 1.54) is 10.8 Å². The molecule has 3 aromatic rings. The summed E-state index contributed by atoms with van der Waals surface area (Å²) in [4.78, 5) is 20.8. The molecule has 3 N–H and O–H groups in total. The SMILES string of the molecule is C=CC(=O)N[C@H]1CC[C@@H](Nc2nc(Nc3cnn(CCF)c3)nc3ccsc23)CC1. The Hall–Kier alpha value is -3.01. The van der Waals surface area contributed by atoms with Crippen molar-refractivity contribution in [1.82, 2.24) is 25.1 Å². The molecule has 3 aromatic heterocycles. The molecule has 4 rings (SSSR count). The van der Waals surface area contributed by atoms with Crippen LogP contribution in [0.2, 0.25) is 0 Å². The van der Waals surface area contributed by atoms with E-state index in [0.29, 0.717) is 11.6 Å². The number of hydrogen-bond donors (Lipinski definition) is 3. The molecule has 0 spiro atoms. The van der Waals surface area contributed by atoms with E-state index in [0.717, 1.165) is 41.7 Å². The number of nitrogens with zero attached hydrogens (tertiary/aromatic N) is 4. The molecule has 0 saturated heterocycles. The standard InChI is InChI=1S/C20H24FN7OS/c1-2-17(29)23-13-3-5-14(6-4-13)24-19-18-16(7-10-30-18)26-20(27-19)25-15-11-22-28(12-15)9-8-21/h2,7,10-14H,1,3-6,8-9H2,(H,23,29)(H2,24,25,26,27)/t13-,14+. The molecular weight excluding hydrogens is 405 g/mol. The van der Waals surface area contributed by atoms with Crippen molar-refractivity contribution >= 4 is 44.9 Å². The minimum Gasteiger partial charge on any atom is -0.366 e. The fourth-order valence-corrected chi connectivity index (χ4v) is 4.40. The van der Waals surface area contributed by atoms with E-state index >= 15 is 0 Å². The number of amides is 1. The second-order valence-electron chi connectivity index (χ2n) is 7.24. The first kappa shape index (κ1) is 20.3. The van der Waals surface area contributed by atoms with Crippen LogP contribution < -0.4 is 16.0 Å². The number of hydrogen-bond acceptors (Lipinski definition) is 7. The molecule has 0 bridgehead atoms. The van der Waals surface area contributed by atoms with Crippen LogP contribution in [0.25, 0.3) is 10.2 Å². The number of aromatic nitrogens is 4. The zero-order valence-electron chi connectivity index (χ0n) is 16.5. The highest BCUT2D eigenvalue weighted by Crippen LogP contribution is 2.30. The van der Waals surface area contributed by atoms with Crippen molar-refractivity contribution in [1.29, 1.82) is 0 Å². The van der Waals surface area contributed by atoms with E-state index in [4.69, 9.17) is 0 Å². The Labute approximate surface area is 177 Å². The summed E-state index contributed by atoms with van der Waals surface area (Å²) < 4.78 is 15.0. The molecule has 1 amide bonds. The van der Waals surface area contributed by atoms with Crippen molar-refractivity contribution in [2.24, 2.45) is 0 Å². The molecular formula is C20H24FN7OS. The Kier molecular flexibility index (Phi) is 6.22. The topological polar surface area (TPSA) is 96.8 Å². The number of anilines is 3. The molecule has 0 atom stereocenters. The molecule has 0 unspecified atom stereocenters. The molecule has 1 aliphatic rings. The maximum Gasteiger partial charge on any atom is 0.243 e. The summed E-state index contributed by atoms with van der Waals surface area (Å²) in [6.07, 6.45) is 8.38. The van der Waals surface area contributed by atoms with Crippen LogP contribution in [0.15, 0.2) is 36.5 Å². The van der Waals surface area contributed by atoms with Crippen LogP contribution in [0.4, 0.5) is 21.8 Å². The lowest BCUT2D eigenvalue weighted by molar-refractivity contribution is -0.117. The highest BCUT2D eigenvalue weighted by Gasteiger charge is 2.23. The number of fused-ring (bicyclic) bond motifs is 1. The van der Waals surface area contributed by atoms with Gasteiger partial charge in [-0.15, -0.1) is 11.3 Å². The molecule has 1 saturated carbocycles. The number of alkyl halides is 1. The number of carbonyl (C=O) groups is 1. The maximum atomic E-state index is 12.5. The van der Waals surface area contributed by atoms with E-state index in [9.17, 15) is 9.18 Å². The van der Waals surface area contributed by atoms with Crippen molar-refractivity contribution in [2.45, 2.75) is 44.3 Å². The van der Waals surface area contributed by atoms with E-state index in [2.05, 4.69) is 37.6 Å². The zero-order chi connectivity index (χ0) is 20.9. The first-order chi connectivity index (χ1) is 14.6. The van der Waals surface area contributed by atoms with Gasteiger partial charge in [0.05, 0.1) is 28.6 Å². The van der Waals surface area contributed by atoms with Gasteiger partial charge in [-0.1, -0.05) is 6.58 Å². The van der Waals surface area contributed by atoms with Gasteiger partial charge in [-0.3, -0.25) is 9.48 Å². The third-order valence-electron chi connectivity index (χ3n) is 5.11. The van der Waals surface area contributed by atoms with Crippen LogP contribution in [0.5, 0.6) is 0 Å². The third kappa shape index (κ3) is 4.76. The number of rotatable bonds is 8. The van der Waals surface area contributed by atoms with Crippen LogP contribution in [0, 0.1) is 0 Å². The van der Waals surface area contributed by atoms with Crippen molar-refractivity contribution in [2.75, 3.05) is 17.3 Å². The number of thiophene rings is 1. The Morgan fingerprint density at radius 2 is 2.10 bits per heavy atom. The van der Waals surface area contributed by atoms with Gasteiger partial charge in [0, 0.05) is 18.3 Å². The predicted octanol–water partition coefficient (Wildman–Crippen LogP) is 3.63. The molecule has 0 radical (unpaired) electrons. The van der Waals surface area contributed by atoms with Gasteiger partial charge in [-0.25, -0.2) is 9.37 Å². The average molecular weight is 430 g/mol. The highest BCUT2D eigenvalue weighted by atomic mass is 32.1. The third-order valence-corrected chi connectivity index (χ3v) is 6.02. The van der Waals surface area contributed by atoms with Gasteiger partial charge in [0.15, 0.2) is 0 Å². The first-order valence-electron chi connectivity index (χ1n) is 9.94. The second kappa shape index (κ2) is 9.21. The lowest BCUT2D eigenvalue weighted by Crippen LogP contribution is -2.39. The van der Waals surface area contributed by atoms with E-state index in [1.807, 2.05) is 11.4 Å². The summed E-state index contributed by atoms with van der Waals surface area (Å²) in [5, 5.41) is 15.8. The number of carbonyl (C=O) groups excluding carboxylic acids is 1.